The molecule has 0 saturated heterocycles. The first kappa shape index (κ1) is 12.8. The highest BCUT2D eigenvalue weighted by Crippen LogP contribution is 2.17. The predicted octanol–water partition coefficient (Wildman–Crippen LogP) is 1.98. The van der Waals surface area contributed by atoms with Gasteiger partial charge in [-0.15, -0.1) is 24.0 Å². The average Bonchev–Trinajstić information content (AvgIpc) is 2.82. The van der Waals surface area contributed by atoms with Crippen molar-refractivity contribution >= 4 is 41.3 Å². The van der Waals surface area contributed by atoms with Gasteiger partial charge in [-0.2, -0.15) is 11.3 Å². The van der Waals surface area contributed by atoms with Crippen LogP contribution in [0.25, 0.3) is 0 Å². The molecule has 3 nitrogen and oxygen atoms in total. The Labute approximate surface area is 111 Å². The van der Waals surface area contributed by atoms with Crippen LogP contribution in [0.5, 0.6) is 0 Å². The molecule has 1 saturated carbocycles. The Bertz CT molecular complexity index is 306. The lowest BCUT2D eigenvalue weighted by atomic mass is 10.2. The molecule has 3 N–H and O–H groups in total. The fraction of sp³-hybridized carbons (Fsp3) is 0.500. The van der Waals surface area contributed by atoms with Crippen LogP contribution in [0.3, 0.4) is 0 Å². The molecule has 1 heterocycles. The molecule has 1 aromatic heterocycles. The largest absolute Gasteiger partial charge is 0.370 e. The van der Waals surface area contributed by atoms with Gasteiger partial charge in [0.05, 0.1) is 0 Å². The molecule has 0 aromatic carbocycles. The summed E-state index contributed by atoms with van der Waals surface area (Å²) in [5.74, 6) is 0.600. The van der Waals surface area contributed by atoms with Crippen molar-refractivity contribution in [3.05, 3.63) is 22.4 Å². The lowest BCUT2D eigenvalue weighted by Crippen LogP contribution is -2.33. The molecule has 0 radical (unpaired) electrons. The van der Waals surface area contributed by atoms with E-state index in [9.17, 15) is 0 Å². The van der Waals surface area contributed by atoms with E-state index in [1.807, 2.05) is 0 Å². The summed E-state index contributed by atoms with van der Waals surface area (Å²) in [5, 5.41) is 7.41. The fourth-order valence-electron chi connectivity index (χ4n) is 1.22. The van der Waals surface area contributed by atoms with Crippen molar-refractivity contribution < 1.29 is 0 Å². The number of aliphatic imine (C=N–C) groups is 1. The number of nitrogens with two attached hydrogens (primary N) is 1. The highest BCUT2D eigenvalue weighted by Gasteiger charge is 2.21. The van der Waals surface area contributed by atoms with E-state index in [0.29, 0.717) is 12.0 Å². The maximum atomic E-state index is 5.70. The molecule has 1 fully saturated rings. The lowest BCUT2D eigenvalue weighted by molar-refractivity contribution is 0.871. The zero-order valence-corrected chi connectivity index (χ0v) is 11.6. The van der Waals surface area contributed by atoms with Gasteiger partial charge in [-0.3, -0.25) is 4.99 Å². The monoisotopic (exact) mass is 337 g/mol. The molecular formula is C10H16IN3S. The third-order valence-electron chi connectivity index (χ3n) is 2.19. The molecule has 0 aliphatic heterocycles. The van der Waals surface area contributed by atoms with Gasteiger partial charge in [0.15, 0.2) is 5.96 Å². The van der Waals surface area contributed by atoms with Crippen molar-refractivity contribution in [2.45, 2.75) is 25.3 Å². The number of guanidine groups is 1. The first-order valence-corrected chi connectivity index (χ1v) is 5.86. The second kappa shape index (κ2) is 6.32. The van der Waals surface area contributed by atoms with Crippen LogP contribution >= 0.6 is 35.3 Å². The summed E-state index contributed by atoms with van der Waals surface area (Å²) >= 11 is 1.72. The Kier molecular flexibility index (Phi) is 5.38. The molecule has 0 spiro atoms. The maximum absolute atomic E-state index is 5.70. The third kappa shape index (κ3) is 4.83. The van der Waals surface area contributed by atoms with Crippen LogP contribution in [0, 0.1) is 0 Å². The van der Waals surface area contributed by atoms with E-state index in [-0.39, 0.29) is 24.0 Å². The molecule has 0 amide bonds. The molecule has 1 aromatic rings. The van der Waals surface area contributed by atoms with Crippen molar-refractivity contribution in [3.63, 3.8) is 0 Å². The molecule has 1 aliphatic rings. The molecule has 5 heteroatoms. The van der Waals surface area contributed by atoms with Crippen molar-refractivity contribution in [3.8, 4) is 0 Å². The average molecular weight is 337 g/mol. The van der Waals surface area contributed by atoms with Gasteiger partial charge in [-0.25, -0.2) is 0 Å². The quantitative estimate of drug-likeness (QED) is 0.501. The smallest absolute Gasteiger partial charge is 0.188 e. The second-order valence-electron chi connectivity index (χ2n) is 3.57. The van der Waals surface area contributed by atoms with Crippen molar-refractivity contribution in [2.24, 2.45) is 10.7 Å². The second-order valence-corrected chi connectivity index (χ2v) is 4.35. The standard InChI is InChI=1S/C10H15N3S.HI/c11-10(13-9-1-2-9)12-5-3-8-4-6-14-7-8;/h4,6-7,9H,1-3,5H2,(H3,11,12,13);1H. The van der Waals surface area contributed by atoms with Crippen LogP contribution in [0.15, 0.2) is 21.8 Å². The minimum atomic E-state index is 0. The number of nitrogens with one attached hydrogen (secondary N) is 1. The number of hydrogen-bond acceptors (Lipinski definition) is 2. The maximum Gasteiger partial charge on any atom is 0.188 e. The van der Waals surface area contributed by atoms with Crippen LogP contribution in [-0.4, -0.2) is 18.5 Å². The minimum Gasteiger partial charge on any atom is -0.370 e. The number of rotatable bonds is 4. The van der Waals surface area contributed by atoms with E-state index in [2.05, 4.69) is 27.1 Å². The van der Waals surface area contributed by atoms with Gasteiger partial charge in [0.2, 0.25) is 0 Å². The molecule has 15 heavy (non-hydrogen) atoms. The van der Waals surface area contributed by atoms with E-state index in [1.165, 1.54) is 18.4 Å². The van der Waals surface area contributed by atoms with Crippen LogP contribution in [0.1, 0.15) is 18.4 Å². The molecule has 84 valence electrons. The van der Waals surface area contributed by atoms with Crippen LogP contribution in [0.2, 0.25) is 0 Å². The molecular weight excluding hydrogens is 321 g/mol. The zero-order chi connectivity index (χ0) is 9.80. The summed E-state index contributed by atoms with van der Waals surface area (Å²) in [6.07, 6.45) is 3.46. The topological polar surface area (TPSA) is 50.4 Å². The molecule has 1 aliphatic carbocycles. The lowest BCUT2D eigenvalue weighted by Gasteiger charge is -2.02. The van der Waals surface area contributed by atoms with Crippen LogP contribution in [0.4, 0.5) is 0 Å². The Morgan fingerprint density at radius 2 is 2.40 bits per heavy atom. The summed E-state index contributed by atoms with van der Waals surface area (Å²) in [6, 6.07) is 2.73. The van der Waals surface area contributed by atoms with Crippen LogP contribution in [-0.2, 0) is 6.42 Å². The van der Waals surface area contributed by atoms with E-state index < -0.39 is 0 Å². The van der Waals surface area contributed by atoms with E-state index >= 15 is 0 Å². The Morgan fingerprint density at radius 1 is 1.60 bits per heavy atom. The van der Waals surface area contributed by atoms with Crippen LogP contribution < -0.4 is 11.1 Å². The zero-order valence-electron chi connectivity index (χ0n) is 8.48. The Morgan fingerprint density at radius 3 is 3.00 bits per heavy atom. The van der Waals surface area contributed by atoms with Gasteiger partial charge in [-0.1, -0.05) is 0 Å². The Hall–Kier alpha value is -0.300. The minimum absolute atomic E-state index is 0. The highest BCUT2D eigenvalue weighted by molar-refractivity contribution is 14.0. The van der Waals surface area contributed by atoms with Gasteiger partial charge in [-0.05, 0) is 41.7 Å². The van der Waals surface area contributed by atoms with Gasteiger partial charge in [0.25, 0.3) is 0 Å². The van der Waals surface area contributed by atoms with Crippen molar-refractivity contribution in [1.82, 2.24) is 5.32 Å². The summed E-state index contributed by atoms with van der Waals surface area (Å²) in [5.41, 5.74) is 7.04. The van der Waals surface area contributed by atoms with Gasteiger partial charge in [0, 0.05) is 12.6 Å². The highest BCUT2D eigenvalue weighted by atomic mass is 127. The van der Waals surface area contributed by atoms with E-state index in [0.717, 1.165) is 13.0 Å². The normalized spacial score (nSPS) is 15.9. The summed E-state index contributed by atoms with van der Waals surface area (Å²) in [7, 11) is 0. The predicted molar refractivity (Wildman–Crippen MR) is 76.1 cm³/mol. The summed E-state index contributed by atoms with van der Waals surface area (Å²) in [4.78, 5) is 4.27. The summed E-state index contributed by atoms with van der Waals surface area (Å²) < 4.78 is 0. The molecule has 2 rings (SSSR count). The molecule has 0 unspecified atom stereocenters. The third-order valence-corrected chi connectivity index (χ3v) is 2.92. The number of halogens is 1. The van der Waals surface area contributed by atoms with Gasteiger partial charge < -0.3 is 11.1 Å². The summed E-state index contributed by atoms with van der Waals surface area (Å²) in [6.45, 7) is 0.780. The van der Waals surface area contributed by atoms with E-state index in [1.54, 1.807) is 11.3 Å². The van der Waals surface area contributed by atoms with E-state index in [4.69, 9.17) is 5.73 Å². The SMILES string of the molecule is I.NC(=NCCc1ccsc1)NC1CC1. The van der Waals surface area contributed by atoms with Crippen molar-refractivity contribution in [2.75, 3.05) is 6.54 Å². The fourth-order valence-corrected chi connectivity index (χ4v) is 1.93. The molecule has 0 atom stereocenters. The number of thiophene rings is 1. The first-order valence-electron chi connectivity index (χ1n) is 4.92. The van der Waals surface area contributed by atoms with Gasteiger partial charge >= 0.3 is 0 Å². The first-order chi connectivity index (χ1) is 6.84. The van der Waals surface area contributed by atoms with Crippen molar-refractivity contribution in [1.29, 1.82) is 0 Å². The Balaban J connectivity index is 0.00000112. The molecule has 0 bridgehead atoms. The van der Waals surface area contributed by atoms with Gasteiger partial charge in [0.1, 0.15) is 0 Å². The number of hydrogen-bond donors (Lipinski definition) is 2. The number of nitrogens with zero attached hydrogens (tertiary/aromatic N) is 1.